The number of para-hydroxylation sites is 2. The molecule has 0 aromatic heterocycles. The van der Waals surface area contributed by atoms with Crippen molar-refractivity contribution >= 4 is 70.5 Å². The number of aliphatic imine (C=N–C) groups is 2. The Morgan fingerprint density at radius 1 is 0.658 bits per heavy atom. The Balaban J connectivity index is 0.965. The fourth-order valence-electron chi connectivity index (χ4n) is 10.5. The van der Waals surface area contributed by atoms with Gasteiger partial charge in [-0.2, -0.15) is 0 Å². The lowest BCUT2D eigenvalue weighted by Gasteiger charge is -2.41. The predicted molar refractivity (Wildman–Crippen MR) is 287 cm³/mol. The van der Waals surface area contributed by atoms with Gasteiger partial charge in [-0.3, -0.25) is 39.0 Å². The second kappa shape index (κ2) is 20.9. The molecule has 0 saturated carbocycles. The van der Waals surface area contributed by atoms with Crippen molar-refractivity contribution in [2.75, 3.05) is 42.1 Å². The highest BCUT2D eigenvalue weighted by atomic mass is 16.7. The van der Waals surface area contributed by atoms with E-state index in [1.165, 1.54) is 14.2 Å². The second-order valence-electron chi connectivity index (χ2n) is 21.2. The zero-order valence-electron chi connectivity index (χ0n) is 43.9. The molecule has 0 aliphatic carbocycles. The first-order chi connectivity index (χ1) is 36.5. The van der Waals surface area contributed by atoms with E-state index in [0.717, 1.165) is 39.3 Å². The minimum atomic E-state index is -0.689. The molecule has 5 heterocycles. The van der Waals surface area contributed by atoms with Gasteiger partial charge in [0.05, 0.1) is 54.4 Å². The summed E-state index contributed by atoms with van der Waals surface area (Å²) in [6.07, 6.45) is 5.80. The largest absolute Gasteiger partial charge is 0.493 e. The molecule has 17 heteroatoms. The highest BCUT2D eigenvalue weighted by Gasteiger charge is 2.39. The Bertz CT molecular complexity index is 3020. The van der Waals surface area contributed by atoms with E-state index in [0.29, 0.717) is 89.4 Å². The van der Waals surface area contributed by atoms with Crippen molar-refractivity contribution in [1.82, 2.24) is 5.06 Å². The highest BCUT2D eigenvalue weighted by Crippen LogP contribution is 2.44. The van der Waals surface area contributed by atoms with Crippen LogP contribution < -0.4 is 33.6 Å². The van der Waals surface area contributed by atoms with Crippen molar-refractivity contribution in [2.24, 2.45) is 9.98 Å². The number of nitrogens with zero attached hydrogens (tertiary/aromatic N) is 6. The number of benzene rings is 5. The number of carbonyl (C=O) groups is 5. The summed E-state index contributed by atoms with van der Waals surface area (Å²) in [5.74, 6) is -0.636. The van der Waals surface area contributed by atoms with Crippen molar-refractivity contribution in [3.05, 3.63) is 124 Å². The molecular weight excluding hydrogens is 969 g/mol. The number of fused-ring (bicyclic) bond motifs is 8. The molecule has 0 N–H and O–H groups in total. The summed E-state index contributed by atoms with van der Waals surface area (Å²) < 4.78 is 31.2. The minimum Gasteiger partial charge on any atom is -0.493 e. The van der Waals surface area contributed by atoms with Gasteiger partial charge in [0, 0.05) is 92.4 Å². The van der Waals surface area contributed by atoms with Gasteiger partial charge in [-0.15, -0.1) is 5.06 Å². The van der Waals surface area contributed by atoms with Gasteiger partial charge in [-0.05, 0) is 112 Å². The Morgan fingerprint density at radius 2 is 1.16 bits per heavy atom. The van der Waals surface area contributed by atoms with Crippen molar-refractivity contribution in [3.8, 4) is 23.0 Å². The molecule has 10 rings (SSSR count). The molecule has 17 nitrogen and oxygen atoms in total. The van der Waals surface area contributed by atoms with Crippen LogP contribution in [0.25, 0.3) is 0 Å². The molecule has 4 amide bonds. The van der Waals surface area contributed by atoms with E-state index in [1.807, 2.05) is 99.9 Å². The van der Waals surface area contributed by atoms with Crippen LogP contribution in [0.1, 0.15) is 110 Å². The van der Waals surface area contributed by atoms with E-state index in [4.69, 9.17) is 38.5 Å². The lowest BCUT2D eigenvalue weighted by molar-refractivity contribution is -0.197. The monoisotopic (exact) mass is 1030 g/mol. The van der Waals surface area contributed by atoms with Crippen LogP contribution in [0.4, 0.5) is 28.4 Å². The van der Waals surface area contributed by atoms with E-state index in [9.17, 15) is 24.0 Å². The number of anilines is 3. The van der Waals surface area contributed by atoms with Crippen LogP contribution in [-0.2, 0) is 50.0 Å². The Labute approximate surface area is 441 Å². The third-order valence-electron chi connectivity index (χ3n) is 14.3. The lowest BCUT2D eigenvalue weighted by Crippen LogP contribution is -2.46. The maximum Gasteiger partial charge on any atom is 0.333 e. The normalized spacial score (nSPS) is 17.3. The highest BCUT2D eigenvalue weighted by molar-refractivity contribution is 6.16. The first-order valence-electron chi connectivity index (χ1n) is 25.7. The molecule has 76 heavy (non-hydrogen) atoms. The molecule has 5 aromatic carbocycles. The number of carbonyl (C=O) groups excluding carboxylic acids is 5. The van der Waals surface area contributed by atoms with Crippen LogP contribution in [0.15, 0.2) is 101 Å². The maximum atomic E-state index is 14.2. The van der Waals surface area contributed by atoms with Crippen LogP contribution in [0.2, 0.25) is 0 Å². The number of hydroxylamine groups is 2. The molecular formula is C59H62N6O11. The van der Waals surface area contributed by atoms with E-state index >= 15 is 0 Å². The summed E-state index contributed by atoms with van der Waals surface area (Å²) in [5, 5.41) is 0.570. The fraction of sp³-hybridized carbons (Fsp3) is 0.373. The molecule has 1 fully saturated rings. The Morgan fingerprint density at radius 3 is 1.64 bits per heavy atom. The van der Waals surface area contributed by atoms with Crippen molar-refractivity contribution in [2.45, 2.75) is 116 Å². The number of hydrogen-bond acceptors (Lipinski definition) is 14. The zero-order chi connectivity index (χ0) is 53.5. The molecule has 1 saturated heterocycles. The van der Waals surface area contributed by atoms with Crippen LogP contribution in [0.5, 0.6) is 23.0 Å². The average Bonchev–Trinajstić information content (AvgIpc) is 4.06. The predicted octanol–water partition coefficient (Wildman–Crippen LogP) is 9.61. The van der Waals surface area contributed by atoms with E-state index in [1.54, 1.807) is 34.1 Å². The average molecular weight is 1030 g/mol. The second-order valence-corrected chi connectivity index (χ2v) is 21.2. The van der Waals surface area contributed by atoms with Gasteiger partial charge >= 0.3 is 5.97 Å². The summed E-state index contributed by atoms with van der Waals surface area (Å²) in [7, 11) is 3.06. The quantitative estimate of drug-likeness (QED) is 0.0761. The van der Waals surface area contributed by atoms with Crippen LogP contribution in [-0.4, -0.2) is 97.7 Å². The molecule has 0 bridgehead atoms. The SMILES string of the molecule is COc1cc2c(cc1OCc1cc(COc3cc4c(cc3OC)C(=O)N3c5ccccc5C[C@H]3C=N4)cc(N(CCCC(=O)ON3C(=O)CCC3=O)C(C)(C)CCOC(C)(C)C)c1)N=C[C@@H]1Cc3ccccc3N1C2=O. The number of amides is 4. The topological polar surface area (TPSA) is 178 Å². The van der Waals surface area contributed by atoms with Crippen molar-refractivity contribution in [3.63, 3.8) is 0 Å². The lowest BCUT2D eigenvalue weighted by atomic mass is 9.95. The van der Waals surface area contributed by atoms with Crippen LogP contribution in [0.3, 0.4) is 0 Å². The summed E-state index contributed by atoms with van der Waals surface area (Å²) in [6, 6.07) is 28.2. The van der Waals surface area contributed by atoms with E-state index in [2.05, 4.69) is 18.7 Å². The van der Waals surface area contributed by atoms with Gasteiger partial charge in [0.25, 0.3) is 23.6 Å². The van der Waals surface area contributed by atoms with Gasteiger partial charge in [0.1, 0.15) is 13.2 Å². The van der Waals surface area contributed by atoms with Gasteiger partial charge in [0.15, 0.2) is 23.0 Å². The number of hydrogen-bond donors (Lipinski definition) is 0. The number of imide groups is 1. The molecule has 0 radical (unpaired) electrons. The molecule has 5 aliphatic heterocycles. The number of ether oxygens (including phenoxy) is 5. The molecule has 394 valence electrons. The van der Waals surface area contributed by atoms with Crippen LogP contribution in [0, 0.1) is 0 Å². The Kier molecular flexibility index (Phi) is 14.2. The Hall–Kier alpha value is -8.05. The summed E-state index contributed by atoms with van der Waals surface area (Å²) >= 11 is 0. The number of rotatable bonds is 18. The molecule has 0 unspecified atom stereocenters. The molecule has 2 atom stereocenters. The summed E-state index contributed by atoms with van der Waals surface area (Å²) in [6.45, 7) is 11.1. The van der Waals surface area contributed by atoms with E-state index in [-0.39, 0.29) is 62.0 Å². The third kappa shape index (κ3) is 10.5. The molecule has 5 aromatic rings. The standard InChI is InChI=1S/C59H62N6O11/c1-58(2,3)75-22-20-59(4,5)62(21-12-17-55(68)76-65-53(66)18-19-54(65)67)40-24-36(34-73-51-30-45-43(28-49(51)71-6)56(69)63-41(32-60-45)26-38-13-8-10-15-47(38)63)23-37(25-40)35-74-52-31-46-44(29-50(52)72-7)57(70)64-42(33-61-46)27-39-14-9-11-16-48(39)64/h8-11,13-16,23-25,28-33,41-42H,12,17-22,26-27,34-35H2,1-7H3/t41-,42-/m0/s1. The minimum absolute atomic E-state index is 0.000228. The first kappa shape index (κ1) is 51.4. The van der Waals surface area contributed by atoms with Gasteiger partial charge < -0.3 is 33.4 Å². The fourth-order valence-corrected chi connectivity index (χ4v) is 10.5. The van der Waals surface area contributed by atoms with Crippen molar-refractivity contribution < 1.29 is 52.5 Å². The number of methoxy groups -OCH3 is 2. The smallest absolute Gasteiger partial charge is 0.333 e. The maximum absolute atomic E-state index is 14.2. The summed E-state index contributed by atoms with van der Waals surface area (Å²) in [5.41, 5.74) is 6.96. The van der Waals surface area contributed by atoms with Crippen molar-refractivity contribution in [1.29, 1.82) is 0 Å². The van der Waals surface area contributed by atoms with Gasteiger partial charge in [0.2, 0.25) is 0 Å². The van der Waals surface area contributed by atoms with Gasteiger partial charge in [-0.25, -0.2) is 4.79 Å². The van der Waals surface area contributed by atoms with Gasteiger partial charge in [-0.1, -0.05) is 36.4 Å². The third-order valence-corrected chi connectivity index (χ3v) is 14.3. The molecule has 5 aliphatic rings. The first-order valence-corrected chi connectivity index (χ1v) is 25.7. The molecule has 0 spiro atoms. The van der Waals surface area contributed by atoms with Crippen LogP contribution >= 0.6 is 0 Å². The van der Waals surface area contributed by atoms with E-state index < -0.39 is 23.3 Å². The summed E-state index contributed by atoms with van der Waals surface area (Å²) in [4.78, 5) is 86.7. The zero-order valence-corrected chi connectivity index (χ0v) is 43.9.